The van der Waals surface area contributed by atoms with Crippen LogP contribution in [0, 0.1) is 17.6 Å². The molecule has 2 rings (SSSR count). The number of hydrogen-bond donors (Lipinski definition) is 1. The lowest BCUT2D eigenvalue weighted by Gasteiger charge is -2.11. The highest BCUT2D eigenvalue weighted by Gasteiger charge is 2.26. The third-order valence-electron chi connectivity index (χ3n) is 2.65. The van der Waals surface area contributed by atoms with Gasteiger partial charge in [0.15, 0.2) is 0 Å². The molecule has 1 atom stereocenters. The fraction of sp³-hybridized carbons (Fsp3) is 0.455. The zero-order valence-electron chi connectivity index (χ0n) is 8.01. The first-order valence-electron chi connectivity index (χ1n) is 4.90. The van der Waals surface area contributed by atoms with E-state index >= 15 is 0 Å². The molecule has 0 aromatic heterocycles. The van der Waals surface area contributed by atoms with Crippen molar-refractivity contribution in [3.63, 3.8) is 0 Å². The molecular weight excluding hydrogens is 266 g/mol. The van der Waals surface area contributed by atoms with Crippen molar-refractivity contribution < 1.29 is 13.9 Å². The third kappa shape index (κ3) is 2.55. The predicted octanol–water partition coefficient (Wildman–Crippen LogP) is 3.56. The smallest absolute Gasteiger partial charge is 0.137 e. The molecule has 0 spiro atoms. The van der Waals surface area contributed by atoms with Crippen molar-refractivity contribution in [2.75, 3.05) is 0 Å². The van der Waals surface area contributed by atoms with Crippen LogP contribution in [-0.2, 0) is 0 Å². The average Bonchev–Trinajstić information content (AvgIpc) is 2.95. The second-order valence-corrected chi connectivity index (χ2v) is 4.84. The number of aliphatic hydroxyl groups is 1. The van der Waals surface area contributed by atoms with E-state index in [1.54, 1.807) is 0 Å². The molecule has 1 unspecified atom stereocenters. The van der Waals surface area contributed by atoms with Gasteiger partial charge in [0.05, 0.1) is 10.6 Å². The first-order valence-corrected chi connectivity index (χ1v) is 5.69. The van der Waals surface area contributed by atoms with E-state index in [1.165, 1.54) is 0 Å². The summed E-state index contributed by atoms with van der Waals surface area (Å²) in [5.41, 5.74) is 0.0580. The molecule has 82 valence electrons. The summed E-state index contributed by atoms with van der Waals surface area (Å²) >= 11 is 2.90. The third-order valence-corrected chi connectivity index (χ3v) is 3.26. The van der Waals surface area contributed by atoms with Gasteiger partial charge in [-0.25, -0.2) is 8.78 Å². The summed E-state index contributed by atoms with van der Waals surface area (Å²) in [4.78, 5) is 0. The van der Waals surface area contributed by atoms with Crippen molar-refractivity contribution in [1.82, 2.24) is 0 Å². The van der Waals surface area contributed by atoms with E-state index in [-0.39, 0.29) is 10.0 Å². The molecule has 15 heavy (non-hydrogen) atoms. The van der Waals surface area contributed by atoms with E-state index in [1.807, 2.05) is 0 Å². The Labute approximate surface area is 95.2 Å². The lowest BCUT2D eigenvalue weighted by atomic mass is 10.0. The monoisotopic (exact) mass is 276 g/mol. The molecule has 0 bridgehead atoms. The van der Waals surface area contributed by atoms with Crippen LogP contribution in [0.15, 0.2) is 16.6 Å². The summed E-state index contributed by atoms with van der Waals surface area (Å²) in [7, 11) is 0. The molecule has 1 saturated carbocycles. The lowest BCUT2D eigenvalue weighted by molar-refractivity contribution is 0.155. The van der Waals surface area contributed by atoms with Crippen LogP contribution in [0.3, 0.4) is 0 Å². The molecule has 1 aromatic carbocycles. The van der Waals surface area contributed by atoms with E-state index in [9.17, 15) is 13.9 Å². The maximum absolute atomic E-state index is 13.4. The van der Waals surface area contributed by atoms with Crippen molar-refractivity contribution in [1.29, 1.82) is 0 Å². The molecule has 0 amide bonds. The van der Waals surface area contributed by atoms with Gasteiger partial charge < -0.3 is 5.11 Å². The van der Waals surface area contributed by atoms with Crippen molar-refractivity contribution >= 4 is 15.9 Å². The summed E-state index contributed by atoms with van der Waals surface area (Å²) < 4.78 is 26.6. The minimum Gasteiger partial charge on any atom is -0.388 e. The average molecular weight is 277 g/mol. The van der Waals surface area contributed by atoms with Crippen LogP contribution in [-0.4, -0.2) is 5.11 Å². The van der Waals surface area contributed by atoms with Crippen LogP contribution in [0.2, 0.25) is 0 Å². The minimum atomic E-state index is -0.889. The molecule has 1 fully saturated rings. The number of aliphatic hydroxyl groups excluding tert-OH is 1. The van der Waals surface area contributed by atoms with Gasteiger partial charge in [-0.15, -0.1) is 0 Å². The molecule has 1 nitrogen and oxygen atoms in total. The van der Waals surface area contributed by atoms with Crippen LogP contribution in [0.5, 0.6) is 0 Å². The summed E-state index contributed by atoms with van der Waals surface area (Å²) in [6.07, 6.45) is 1.80. The van der Waals surface area contributed by atoms with E-state index in [2.05, 4.69) is 15.9 Å². The Bertz CT molecular complexity index is 377. The molecular formula is C11H11BrF2O. The Morgan fingerprint density at radius 3 is 2.60 bits per heavy atom. The van der Waals surface area contributed by atoms with Gasteiger partial charge in [0.1, 0.15) is 11.6 Å². The highest BCUT2D eigenvalue weighted by molar-refractivity contribution is 9.10. The highest BCUT2D eigenvalue weighted by Crippen LogP contribution is 2.38. The van der Waals surface area contributed by atoms with Crippen molar-refractivity contribution in [3.8, 4) is 0 Å². The van der Waals surface area contributed by atoms with Crippen LogP contribution in [0.4, 0.5) is 8.78 Å². The summed E-state index contributed by atoms with van der Waals surface area (Å²) in [6.45, 7) is 0. The van der Waals surface area contributed by atoms with Crippen LogP contribution in [0.25, 0.3) is 0 Å². The molecule has 0 heterocycles. The number of rotatable bonds is 3. The number of halogens is 3. The highest BCUT2D eigenvalue weighted by atomic mass is 79.9. The molecule has 0 saturated heterocycles. The second kappa shape index (κ2) is 4.18. The molecule has 0 radical (unpaired) electrons. The van der Waals surface area contributed by atoms with E-state index < -0.39 is 17.7 Å². The van der Waals surface area contributed by atoms with Gasteiger partial charge >= 0.3 is 0 Å². The summed E-state index contributed by atoms with van der Waals surface area (Å²) in [5.74, 6) is -0.622. The van der Waals surface area contributed by atoms with Gasteiger partial charge in [-0.2, -0.15) is 0 Å². The van der Waals surface area contributed by atoms with Gasteiger partial charge in [0.2, 0.25) is 0 Å². The maximum atomic E-state index is 13.4. The van der Waals surface area contributed by atoms with Crippen molar-refractivity contribution in [2.45, 2.75) is 25.4 Å². The summed E-state index contributed by atoms with van der Waals surface area (Å²) in [6, 6.07) is 2.12. The van der Waals surface area contributed by atoms with Gasteiger partial charge in [-0.05, 0) is 40.4 Å². The Morgan fingerprint density at radius 1 is 1.33 bits per heavy atom. The van der Waals surface area contributed by atoms with E-state index in [0.29, 0.717) is 12.3 Å². The predicted molar refractivity (Wildman–Crippen MR) is 56.4 cm³/mol. The minimum absolute atomic E-state index is 0.0580. The normalized spacial score (nSPS) is 17.9. The molecule has 1 aliphatic rings. The van der Waals surface area contributed by atoms with Crippen molar-refractivity contribution in [3.05, 3.63) is 33.8 Å². The lowest BCUT2D eigenvalue weighted by Crippen LogP contribution is -2.03. The molecule has 1 aliphatic carbocycles. The van der Waals surface area contributed by atoms with Crippen LogP contribution in [0.1, 0.15) is 30.9 Å². The van der Waals surface area contributed by atoms with E-state index in [4.69, 9.17) is 0 Å². The zero-order chi connectivity index (χ0) is 11.0. The van der Waals surface area contributed by atoms with Gasteiger partial charge in [0, 0.05) is 5.56 Å². The van der Waals surface area contributed by atoms with Gasteiger partial charge in [-0.3, -0.25) is 0 Å². The van der Waals surface area contributed by atoms with Crippen LogP contribution >= 0.6 is 15.9 Å². The molecule has 1 aromatic rings. The van der Waals surface area contributed by atoms with Gasteiger partial charge in [-0.1, -0.05) is 12.8 Å². The fourth-order valence-electron chi connectivity index (χ4n) is 1.59. The quantitative estimate of drug-likeness (QED) is 0.837. The Hall–Kier alpha value is -0.480. The summed E-state index contributed by atoms with van der Waals surface area (Å²) in [5, 5.41) is 9.71. The molecule has 0 aliphatic heterocycles. The fourth-order valence-corrected chi connectivity index (χ4v) is 1.91. The molecule has 4 heteroatoms. The number of hydrogen-bond acceptors (Lipinski definition) is 1. The topological polar surface area (TPSA) is 20.2 Å². The first kappa shape index (κ1) is 11.0. The maximum Gasteiger partial charge on any atom is 0.137 e. The number of benzene rings is 1. The van der Waals surface area contributed by atoms with Crippen LogP contribution < -0.4 is 0 Å². The Morgan fingerprint density at radius 2 is 2.00 bits per heavy atom. The SMILES string of the molecule is OC(CC1CC1)c1cc(F)c(Br)cc1F. The second-order valence-electron chi connectivity index (χ2n) is 3.98. The van der Waals surface area contributed by atoms with E-state index in [0.717, 1.165) is 25.0 Å². The van der Waals surface area contributed by atoms with Crippen molar-refractivity contribution in [2.24, 2.45) is 5.92 Å². The Kier molecular flexibility index (Phi) is 3.07. The standard InChI is InChI=1S/C11H11BrF2O/c12-8-5-9(13)7(4-10(8)14)11(15)3-6-1-2-6/h4-6,11,15H,1-3H2. The largest absolute Gasteiger partial charge is 0.388 e. The van der Waals surface area contributed by atoms with Gasteiger partial charge in [0.25, 0.3) is 0 Å². The zero-order valence-corrected chi connectivity index (χ0v) is 9.60. The first-order chi connectivity index (χ1) is 7.08. The molecule has 1 N–H and O–H groups in total. The Balaban J connectivity index is 2.21.